The maximum Gasteiger partial charge on any atom is 0.253 e. The fourth-order valence-electron chi connectivity index (χ4n) is 3.82. The summed E-state index contributed by atoms with van der Waals surface area (Å²) in [6, 6.07) is 12.7. The molecule has 8 heteroatoms. The van der Waals surface area contributed by atoms with E-state index in [-0.39, 0.29) is 5.91 Å². The van der Waals surface area contributed by atoms with Crippen LogP contribution in [0.2, 0.25) is 5.02 Å². The van der Waals surface area contributed by atoms with Crippen molar-refractivity contribution < 1.29 is 14.3 Å². The number of rotatable bonds is 7. The fourth-order valence-corrected chi connectivity index (χ4v) is 3.95. The number of aryl methyl sites for hydroxylation is 1. The summed E-state index contributed by atoms with van der Waals surface area (Å²) >= 11 is 5.93. The quantitative estimate of drug-likeness (QED) is 0.545. The largest absolute Gasteiger partial charge is 0.496 e. The van der Waals surface area contributed by atoms with Crippen LogP contribution in [0, 0.1) is 0 Å². The van der Waals surface area contributed by atoms with Gasteiger partial charge < -0.3 is 14.4 Å². The number of hydrogen-bond donors (Lipinski definition) is 0. The van der Waals surface area contributed by atoms with E-state index in [1.807, 2.05) is 59.4 Å². The lowest BCUT2D eigenvalue weighted by molar-refractivity contribution is 0.0628. The van der Waals surface area contributed by atoms with Crippen molar-refractivity contribution in [1.29, 1.82) is 0 Å². The fraction of sp³-hybridized carbons (Fsp3) is 0.333. The van der Waals surface area contributed by atoms with E-state index in [0.29, 0.717) is 41.8 Å². The number of benzene rings is 2. The summed E-state index contributed by atoms with van der Waals surface area (Å²) < 4.78 is 13.1. The van der Waals surface area contributed by atoms with E-state index in [9.17, 15) is 4.79 Å². The van der Waals surface area contributed by atoms with E-state index >= 15 is 0 Å². The van der Waals surface area contributed by atoms with Crippen LogP contribution in [0.25, 0.3) is 0 Å². The van der Waals surface area contributed by atoms with Crippen LogP contribution < -0.4 is 9.47 Å². The minimum atomic E-state index is 0.0291. The van der Waals surface area contributed by atoms with Crippen molar-refractivity contribution >= 4 is 17.5 Å². The molecule has 1 aliphatic rings. The third-order valence-corrected chi connectivity index (χ3v) is 5.81. The van der Waals surface area contributed by atoms with Gasteiger partial charge in [0.1, 0.15) is 18.1 Å². The molecule has 2 heterocycles. The number of carbonyl (C=O) groups excluding carboxylic acids is 1. The summed E-state index contributed by atoms with van der Waals surface area (Å²) in [5.74, 6) is 1.43. The Balaban J connectivity index is 1.37. The van der Waals surface area contributed by atoms with Crippen molar-refractivity contribution in [2.24, 2.45) is 7.05 Å². The molecular weight excluding hydrogens is 428 g/mol. The van der Waals surface area contributed by atoms with E-state index in [0.717, 1.165) is 25.2 Å². The molecule has 7 nitrogen and oxygen atoms in total. The Morgan fingerprint density at radius 2 is 1.84 bits per heavy atom. The summed E-state index contributed by atoms with van der Waals surface area (Å²) in [7, 11) is 3.54. The molecule has 0 saturated carbocycles. The first kappa shape index (κ1) is 22.2. The highest BCUT2D eigenvalue weighted by Gasteiger charge is 2.23. The highest BCUT2D eigenvalue weighted by atomic mass is 35.5. The van der Waals surface area contributed by atoms with Crippen molar-refractivity contribution in [1.82, 2.24) is 19.6 Å². The second kappa shape index (κ2) is 10.1. The molecule has 1 aromatic heterocycles. The Morgan fingerprint density at radius 3 is 2.50 bits per heavy atom. The van der Waals surface area contributed by atoms with Gasteiger partial charge in [-0.05, 0) is 42.5 Å². The summed E-state index contributed by atoms with van der Waals surface area (Å²) in [6.45, 7) is 4.21. The maximum atomic E-state index is 13.1. The number of methoxy groups -OCH3 is 1. The van der Waals surface area contributed by atoms with E-state index in [4.69, 9.17) is 21.1 Å². The molecule has 2 aromatic carbocycles. The smallest absolute Gasteiger partial charge is 0.253 e. The second-order valence-corrected chi connectivity index (χ2v) is 8.30. The minimum Gasteiger partial charge on any atom is -0.496 e. The molecule has 1 aliphatic heterocycles. The number of halogens is 1. The van der Waals surface area contributed by atoms with Crippen LogP contribution in [0.4, 0.5) is 0 Å². The molecule has 168 valence electrons. The number of carbonyl (C=O) groups is 1. The van der Waals surface area contributed by atoms with Gasteiger partial charge in [-0.3, -0.25) is 14.4 Å². The minimum absolute atomic E-state index is 0.0291. The van der Waals surface area contributed by atoms with E-state index in [1.54, 1.807) is 19.2 Å². The number of ether oxygens (including phenoxy) is 2. The van der Waals surface area contributed by atoms with Crippen LogP contribution in [0.1, 0.15) is 21.5 Å². The molecule has 0 unspecified atom stereocenters. The van der Waals surface area contributed by atoms with Crippen LogP contribution in [-0.2, 0) is 20.2 Å². The molecular formula is C24H27ClN4O3. The molecule has 0 aliphatic carbocycles. The Morgan fingerprint density at radius 1 is 1.09 bits per heavy atom. The van der Waals surface area contributed by atoms with Crippen LogP contribution in [-0.4, -0.2) is 58.8 Å². The number of piperazine rings is 1. The molecule has 0 spiro atoms. The first-order valence-corrected chi connectivity index (χ1v) is 10.9. The van der Waals surface area contributed by atoms with Gasteiger partial charge in [-0.15, -0.1) is 0 Å². The monoisotopic (exact) mass is 454 g/mol. The Hall–Kier alpha value is -3.03. The van der Waals surface area contributed by atoms with Gasteiger partial charge in [0.05, 0.1) is 13.3 Å². The number of nitrogens with zero attached hydrogens (tertiary/aromatic N) is 4. The average molecular weight is 455 g/mol. The molecule has 1 saturated heterocycles. The second-order valence-electron chi connectivity index (χ2n) is 7.86. The number of aromatic nitrogens is 2. The number of hydrogen-bond acceptors (Lipinski definition) is 5. The molecule has 3 aromatic rings. The van der Waals surface area contributed by atoms with Crippen molar-refractivity contribution in [2.75, 3.05) is 33.3 Å². The van der Waals surface area contributed by atoms with Crippen LogP contribution >= 0.6 is 11.6 Å². The van der Waals surface area contributed by atoms with Crippen LogP contribution in [0.3, 0.4) is 0 Å². The van der Waals surface area contributed by atoms with Gasteiger partial charge >= 0.3 is 0 Å². The summed E-state index contributed by atoms with van der Waals surface area (Å²) in [6.07, 6.45) is 3.92. The van der Waals surface area contributed by atoms with Gasteiger partial charge in [-0.2, -0.15) is 5.10 Å². The normalized spacial score (nSPS) is 14.4. The lowest BCUT2D eigenvalue weighted by Gasteiger charge is -2.34. The maximum absolute atomic E-state index is 13.1. The van der Waals surface area contributed by atoms with Crippen molar-refractivity contribution in [3.05, 3.63) is 76.6 Å². The van der Waals surface area contributed by atoms with Crippen molar-refractivity contribution in [3.63, 3.8) is 0 Å². The molecule has 1 fully saturated rings. The molecule has 4 rings (SSSR count). The van der Waals surface area contributed by atoms with Crippen molar-refractivity contribution in [2.45, 2.75) is 13.2 Å². The Kier molecular flexibility index (Phi) is 6.97. The summed E-state index contributed by atoms with van der Waals surface area (Å²) in [4.78, 5) is 17.4. The standard InChI is InChI=1S/C24H27ClN4O3/c1-27-15-18(14-26-27)16-28-9-11-29(12-10-28)24(30)19-3-8-23(31-2)20(13-19)17-32-22-6-4-21(25)5-7-22/h3-8,13-15H,9-12,16-17H2,1-2H3. The first-order valence-electron chi connectivity index (χ1n) is 10.6. The third-order valence-electron chi connectivity index (χ3n) is 5.56. The van der Waals surface area contributed by atoms with Gasteiger partial charge in [0.15, 0.2) is 0 Å². The van der Waals surface area contributed by atoms with E-state index in [1.165, 1.54) is 5.56 Å². The third kappa shape index (κ3) is 5.41. The zero-order valence-corrected chi connectivity index (χ0v) is 19.1. The highest BCUT2D eigenvalue weighted by Crippen LogP contribution is 2.24. The van der Waals surface area contributed by atoms with Gasteiger partial charge in [0.2, 0.25) is 0 Å². The molecule has 32 heavy (non-hydrogen) atoms. The lowest BCUT2D eigenvalue weighted by atomic mass is 10.1. The summed E-state index contributed by atoms with van der Waals surface area (Å²) in [5, 5.41) is 4.88. The first-order chi connectivity index (χ1) is 15.5. The molecule has 1 amide bonds. The number of amides is 1. The molecule has 0 bridgehead atoms. The average Bonchev–Trinajstić information content (AvgIpc) is 3.23. The molecule has 0 N–H and O–H groups in total. The SMILES string of the molecule is COc1ccc(C(=O)N2CCN(Cc3cnn(C)c3)CC2)cc1COc1ccc(Cl)cc1. The van der Waals surface area contributed by atoms with Crippen LogP contribution in [0.5, 0.6) is 11.5 Å². The van der Waals surface area contributed by atoms with E-state index < -0.39 is 0 Å². The van der Waals surface area contributed by atoms with Gasteiger partial charge in [-0.1, -0.05) is 11.6 Å². The van der Waals surface area contributed by atoms with Crippen molar-refractivity contribution in [3.8, 4) is 11.5 Å². The molecule has 0 radical (unpaired) electrons. The van der Waals surface area contributed by atoms with E-state index in [2.05, 4.69) is 10.00 Å². The highest BCUT2D eigenvalue weighted by molar-refractivity contribution is 6.30. The predicted molar refractivity (Wildman–Crippen MR) is 123 cm³/mol. The summed E-state index contributed by atoms with van der Waals surface area (Å²) in [5.41, 5.74) is 2.65. The van der Waals surface area contributed by atoms with Gasteiger partial charge in [0, 0.05) is 67.7 Å². The zero-order chi connectivity index (χ0) is 22.5. The Bertz CT molecular complexity index is 1060. The molecule has 0 atom stereocenters. The zero-order valence-electron chi connectivity index (χ0n) is 18.3. The Labute approximate surface area is 193 Å². The van der Waals surface area contributed by atoms with Gasteiger partial charge in [-0.25, -0.2) is 0 Å². The topological polar surface area (TPSA) is 59.8 Å². The predicted octanol–water partition coefficient (Wildman–Crippen LogP) is 3.62. The van der Waals surface area contributed by atoms with Crippen LogP contribution in [0.15, 0.2) is 54.9 Å². The van der Waals surface area contributed by atoms with Gasteiger partial charge in [0.25, 0.3) is 5.91 Å². The lowest BCUT2D eigenvalue weighted by Crippen LogP contribution is -2.48.